The normalized spacial score (nSPS) is 10.2. The zero-order chi connectivity index (χ0) is 17.6. The lowest BCUT2D eigenvalue weighted by atomic mass is 10.2. The topological polar surface area (TPSA) is 89.0 Å². The number of rotatable bonds is 5. The van der Waals surface area contributed by atoms with Crippen molar-refractivity contribution in [3.05, 3.63) is 65.3 Å². The number of esters is 1. The Hall–Kier alpha value is -3.19. The third-order valence-corrected chi connectivity index (χ3v) is 3.43. The number of nitrogens with one attached hydrogen (secondary N) is 2. The van der Waals surface area contributed by atoms with E-state index in [1.165, 1.54) is 13.3 Å². The van der Waals surface area contributed by atoms with Gasteiger partial charge in [-0.1, -0.05) is 23.7 Å². The van der Waals surface area contributed by atoms with Gasteiger partial charge in [0.25, 0.3) is 0 Å². The Labute approximate surface area is 149 Å². The predicted molar refractivity (Wildman–Crippen MR) is 95.6 cm³/mol. The highest BCUT2D eigenvalue weighted by Gasteiger charge is 2.07. The monoisotopic (exact) mass is 355 g/mol. The molecule has 0 saturated heterocycles. The lowest BCUT2D eigenvalue weighted by Gasteiger charge is -2.08. The minimum Gasteiger partial charge on any atom is -0.465 e. The summed E-state index contributed by atoms with van der Waals surface area (Å²) in [5.74, 6) is 0.372. The maximum atomic E-state index is 11.6. The van der Waals surface area contributed by atoms with Gasteiger partial charge in [-0.2, -0.15) is 10.1 Å². The number of anilines is 4. The Morgan fingerprint density at radius 3 is 2.60 bits per heavy atom. The van der Waals surface area contributed by atoms with E-state index in [9.17, 15) is 4.79 Å². The van der Waals surface area contributed by atoms with Gasteiger partial charge in [-0.3, -0.25) is 0 Å². The predicted octanol–water partition coefficient (Wildman–Crippen LogP) is 3.80. The number of carbonyl (C=O) groups is 1. The third-order valence-electron chi connectivity index (χ3n) is 3.20. The molecule has 0 unspecified atom stereocenters. The van der Waals surface area contributed by atoms with Crippen LogP contribution in [0, 0.1) is 0 Å². The molecule has 0 spiro atoms. The van der Waals surface area contributed by atoms with Crippen LogP contribution in [0.3, 0.4) is 0 Å². The summed E-state index contributed by atoms with van der Waals surface area (Å²) >= 11 is 5.96. The van der Waals surface area contributed by atoms with Crippen molar-refractivity contribution in [1.82, 2.24) is 15.2 Å². The standard InChI is InChI=1S/C17H14ClN5O2/c1-25-16(24)11-4-2-6-13(8-11)21-17-22-15(10-19-23-17)20-14-7-3-5-12(18)9-14/h2-10H,1H3,(H2,20,21,22,23). The van der Waals surface area contributed by atoms with E-state index in [1.807, 2.05) is 12.1 Å². The first-order valence-electron chi connectivity index (χ1n) is 7.32. The lowest BCUT2D eigenvalue weighted by Crippen LogP contribution is -2.04. The van der Waals surface area contributed by atoms with Gasteiger partial charge in [0.1, 0.15) is 0 Å². The molecular formula is C17H14ClN5O2. The highest BCUT2D eigenvalue weighted by molar-refractivity contribution is 6.30. The largest absolute Gasteiger partial charge is 0.465 e. The van der Waals surface area contributed by atoms with Gasteiger partial charge < -0.3 is 15.4 Å². The second kappa shape index (κ2) is 7.59. The van der Waals surface area contributed by atoms with Crippen LogP contribution in [0.25, 0.3) is 0 Å². The van der Waals surface area contributed by atoms with Gasteiger partial charge in [0.15, 0.2) is 5.82 Å². The van der Waals surface area contributed by atoms with Crippen molar-refractivity contribution in [2.24, 2.45) is 0 Å². The Morgan fingerprint density at radius 2 is 1.84 bits per heavy atom. The Bertz CT molecular complexity index is 903. The van der Waals surface area contributed by atoms with Crippen molar-refractivity contribution >= 4 is 40.7 Å². The molecule has 0 fully saturated rings. The van der Waals surface area contributed by atoms with Crippen LogP contribution >= 0.6 is 11.6 Å². The molecule has 2 aromatic carbocycles. The second-order valence-corrected chi connectivity index (χ2v) is 5.43. The molecule has 7 nitrogen and oxygen atoms in total. The summed E-state index contributed by atoms with van der Waals surface area (Å²) in [5, 5.41) is 14.6. The average molecular weight is 356 g/mol. The van der Waals surface area contributed by atoms with Crippen LogP contribution < -0.4 is 10.6 Å². The smallest absolute Gasteiger partial charge is 0.337 e. The zero-order valence-electron chi connectivity index (χ0n) is 13.2. The van der Waals surface area contributed by atoms with Crippen LogP contribution in [0.2, 0.25) is 5.02 Å². The Kier molecular flexibility index (Phi) is 5.06. The molecule has 3 aromatic rings. The van der Waals surface area contributed by atoms with E-state index in [2.05, 4.69) is 25.8 Å². The molecule has 1 heterocycles. The van der Waals surface area contributed by atoms with Gasteiger partial charge in [-0.05, 0) is 36.4 Å². The molecule has 0 saturated carbocycles. The van der Waals surface area contributed by atoms with Crippen LogP contribution in [0.15, 0.2) is 54.7 Å². The second-order valence-electron chi connectivity index (χ2n) is 5.00. The van der Waals surface area contributed by atoms with Crippen molar-refractivity contribution in [2.45, 2.75) is 0 Å². The fourth-order valence-electron chi connectivity index (χ4n) is 2.10. The van der Waals surface area contributed by atoms with Crippen molar-refractivity contribution in [1.29, 1.82) is 0 Å². The van der Waals surface area contributed by atoms with E-state index in [4.69, 9.17) is 16.3 Å². The van der Waals surface area contributed by atoms with Crippen molar-refractivity contribution in [3.63, 3.8) is 0 Å². The molecule has 0 amide bonds. The molecule has 0 aliphatic carbocycles. The van der Waals surface area contributed by atoms with Gasteiger partial charge in [0, 0.05) is 16.4 Å². The minimum atomic E-state index is -0.418. The highest BCUT2D eigenvalue weighted by Crippen LogP contribution is 2.20. The summed E-state index contributed by atoms with van der Waals surface area (Å²) in [6, 6.07) is 14.1. The maximum Gasteiger partial charge on any atom is 0.337 e. The summed E-state index contributed by atoms with van der Waals surface area (Å²) < 4.78 is 4.71. The Morgan fingerprint density at radius 1 is 1.08 bits per heavy atom. The Balaban J connectivity index is 1.77. The molecule has 8 heteroatoms. The van der Waals surface area contributed by atoms with Crippen LogP contribution in [0.4, 0.5) is 23.1 Å². The number of methoxy groups -OCH3 is 1. The number of hydrogen-bond acceptors (Lipinski definition) is 7. The van der Waals surface area contributed by atoms with Gasteiger partial charge in [0.2, 0.25) is 5.95 Å². The molecular weight excluding hydrogens is 342 g/mol. The molecule has 0 atom stereocenters. The molecule has 0 bridgehead atoms. The molecule has 1 aromatic heterocycles. The van der Waals surface area contributed by atoms with Crippen molar-refractivity contribution in [2.75, 3.05) is 17.7 Å². The number of aromatic nitrogens is 3. The van der Waals surface area contributed by atoms with E-state index < -0.39 is 5.97 Å². The number of halogens is 1. The summed E-state index contributed by atoms with van der Waals surface area (Å²) in [4.78, 5) is 15.9. The van der Waals surface area contributed by atoms with Crippen LogP contribution in [-0.2, 0) is 4.74 Å². The first kappa shape index (κ1) is 16.7. The highest BCUT2D eigenvalue weighted by atomic mass is 35.5. The number of ether oxygens (including phenoxy) is 1. The van der Waals surface area contributed by atoms with Gasteiger partial charge in [0.05, 0.1) is 18.9 Å². The van der Waals surface area contributed by atoms with Crippen LogP contribution in [0.5, 0.6) is 0 Å². The van der Waals surface area contributed by atoms with Gasteiger partial charge >= 0.3 is 5.97 Å². The SMILES string of the molecule is COC(=O)c1cccc(Nc2nncc(Nc3cccc(Cl)c3)n2)c1. The summed E-state index contributed by atoms with van der Waals surface area (Å²) in [6.07, 6.45) is 1.50. The lowest BCUT2D eigenvalue weighted by molar-refractivity contribution is 0.0601. The first-order valence-corrected chi connectivity index (χ1v) is 7.69. The molecule has 126 valence electrons. The van der Waals surface area contributed by atoms with E-state index in [1.54, 1.807) is 36.4 Å². The van der Waals surface area contributed by atoms with E-state index >= 15 is 0 Å². The van der Waals surface area contributed by atoms with E-state index in [0.717, 1.165) is 5.69 Å². The fourth-order valence-corrected chi connectivity index (χ4v) is 2.29. The summed E-state index contributed by atoms with van der Waals surface area (Å²) in [7, 11) is 1.33. The van der Waals surface area contributed by atoms with Crippen LogP contribution in [-0.4, -0.2) is 28.3 Å². The molecule has 25 heavy (non-hydrogen) atoms. The minimum absolute atomic E-state index is 0.286. The van der Waals surface area contributed by atoms with Crippen LogP contribution in [0.1, 0.15) is 10.4 Å². The first-order chi connectivity index (χ1) is 12.1. The summed E-state index contributed by atoms with van der Waals surface area (Å²) in [6.45, 7) is 0. The van der Waals surface area contributed by atoms with Crippen molar-refractivity contribution in [3.8, 4) is 0 Å². The number of nitrogens with zero attached hydrogens (tertiary/aromatic N) is 3. The molecule has 0 aliphatic rings. The molecule has 2 N–H and O–H groups in total. The number of hydrogen-bond donors (Lipinski definition) is 2. The zero-order valence-corrected chi connectivity index (χ0v) is 14.0. The van der Waals surface area contributed by atoms with Gasteiger partial charge in [-0.15, -0.1) is 5.10 Å². The van der Waals surface area contributed by atoms with Gasteiger partial charge in [-0.25, -0.2) is 4.79 Å². The number of carbonyl (C=O) groups excluding carboxylic acids is 1. The molecule has 0 aliphatic heterocycles. The molecule has 3 rings (SSSR count). The quantitative estimate of drug-likeness (QED) is 0.673. The molecule has 0 radical (unpaired) electrons. The van der Waals surface area contributed by atoms with Crippen molar-refractivity contribution < 1.29 is 9.53 Å². The number of benzene rings is 2. The fraction of sp³-hybridized carbons (Fsp3) is 0.0588. The summed E-state index contributed by atoms with van der Waals surface area (Å²) in [5.41, 5.74) is 1.85. The van der Waals surface area contributed by atoms with E-state index in [-0.39, 0.29) is 5.95 Å². The third kappa shape index (κ3) is 4.42. The average Bonchev–Trinajstić information content (AvgIpc) is 2.61. The van der Waals surface area contributed by atoms with E-state index in [0.29, 0.717) is 22.1 Å². The maximum absolute atomic E-state index is 11.6.